The van der Waals surface area contributed by atoms with Crippen molar-refractivity contribution in [2.24, 2.45) is 0 Å². The second-order valence-electron chi connectivity index (χ2n) is 7.08. The van der Waals surface area contributed by atoms with Crippen molar-refractivity contribution in [3.8, 4) is 0 Å². The first-order valence-electron chi connectivity index (χ1n) is 9.70. The summed E-state index contributed by atoms with van der Waals surface area (Å²) in [7, 11) is 0. The molecule has 1 fully saturated rings. The number of amides is 5. The summed E-state index contributed by atoms with van der Waals surface area (Å²) in [5.41, 5.74) is 0. The Morgan fingerprint density at radius 2 is 1.63 bits per heavy atom. The smallest absolute Gasteiger partial charge is 0.327 e. The highest BCUT2D eigenvalue weighted by Gasteiger charge is 2.39. The number of thioether (sulfide) groups is 1. The van der Waals surface area contributed by atoms with Crippen molar-refractivity contribution in [1.29, 1.82) is 0 Å². The van der Waals surface area contributed by atoms with Gasteiger partial charge in [0.1, 0.15) is 6.04 Å². The molecule has 0 radical (unpaired) electrons. The third kappa shape index (κ3) is 6.41. The van der Waals surface area contributed by atoms with Gasteiger partial charge in [0.25, 0.3) is 11.8 Å². The molecule has 2 aliphatic heterocycles. The van der Waals surface area contributed by atoms with Crippen molar-refractivity contribution < 1.29 is 33.9 Å². The summed E-state index contributed by atoms with van der Waals surface area (Å²) in [4.78, 5) is 72.1. The van der Waals surface area contributed by atoms with Crippen LogP contribution in [-0.2, 0) is 28.8 Å². The van der Waals surface area contributed by atoms with Crippen LogP contribution in [0.4, 0.5) is 0 Å². The van der Waals surface area contributed by atoms with Crippen molar-refractivity contribution in [2.75, 3.05) is 18.8 Å². The first-order chi connectivity index (χ1) is 14.2. The van der Waals surface area contributed by atoms with E-state index in [9.17, 15) is 28.8 Å². The fourth-order valence-corrected chi connectivity index (χ4v) is 4.38. The molecule has 10 nitrogen and oxygen atoms in total. The molecule has 0 aromatic heterocycles. The maximum absolute atomic E-state index is 12.4. The van der Waals surface area contributed by atoms with E-state index in [1.54, 1.807) is 0 Å². The number of carboxylic acids is 1. The van der Waals surface area contributed by atoms with Crippen LogP contribution in [0.1, 0.15) is 39.0 Å². The zero-order valence-corrected chi connectivity index (χ0v) is 17.5. The molecule has 30 heavy (non-hydrogen) atoms. The molecule has 164 valence electrons. The third-order valence-corrected chi connectivity index (χ3v) is 6.05. The van der Waals surface area contributed by atoms with Crippen LogP contribution in [0.25, 0.3) is 0 Å². The lowest BCUT2D eigenvalue weighted by Gasteiger charge is -2.17. The molecule has 1 saturated heterocycles. The van der Waals surface area contributed by atoms with E-state index >= 15 is 0 Å². The Labute approximate surface area is 178 Å². The van der Waals surface area contributed by atoms with Gasteiger partial charge in [-0.25, -0.2) is 4.79 Å². The Balaban J connectivity index is 1.68. The monoisotopic (exact) mass is 439 g/mol. The summed E-state index contributed by atoms with van der Waals surface area (Å²) in [6, 6.07) is -1.12. The van der Waals surface area contributed by atoms with Gasteiger partial charge in [-0.2, -0.15) is 0 Å². The molecular weight excluding hydrogens is 414 g/mol. The highest BCUT2D eigenvalue weighted by Crippen LogP contribution is 2.26. The van der Waals surface area contributed by atoms with Crippen LogP contribution in [0.15, 0.2) is 12.2 Å². The van der Waals surface area contributed by atoms with Crippen LogP contribution in [0.2, 0.25) is 0 Å². The van der Waals surface area contributed by atoms with Gasteiger partial charge in [-0.15, -0.1) is 11.8 Å². The van der Waals surface area contributed by atoms with Crippen molar-refractivity contribution in [2.45, 2.75) is 50.3 Å². The number of carbonyl (C=O) groups is 6. The molecule has 2 rings (SSSR count). The highest BCUT2D eigenvalue weighted by atomic mass is 32.2. The van der Waals surface area contributed by atoms with Gasteiger partial charge in [0.05, 0.1) is 5.25 Å². The van der Waals surface area contributed by atoms with Crippen molar-refractivity contribution in [1.82, 2.24) is 15.1 Å². The molecule has 1 unspecified atom stereocenters. The number of hydrogen-bond donors (Lipinski definition) is 2. The molecule has 2 atom stereocenters. The van der Waals surface area contributed by atoms with Crippen molar-refractivity contribution in [3.63, 3.8) is 0 Å². The fraction of sp³-hybridized carbons (Fsp3) is 0.579. The van der Waals surface area contributed by atoms with Crippen LogP contribution >= 0.6 is 11.8 Å². The standard InChI is InChI=1S/C19H25N3O7S/c1-12(23)20-13(19(28)29)11-30-14-10-17(26)22(18(14)27)9-5-3-2-4-8-21-15(24)6-7-16(21)25/h6-7,13-14H,2-5,8-11H2,1H3,(H,20,23)(H,28,29)/t13-,14?/m0/s1. The molecule has 0 spiro atoms. The quantitative estimate of drug-likeness (QED) is 0.318. The number of hydrogen-bond acceptors (Lipinski definition) is 7. The zero-order chi connectivity index (χ0) is 22.3. The molecule has 0 aromatic rings. The molecule has 0 aromatic carbocycles. The number of nitrogens with one attached hydrogen (secondary N) is 1. The lowest BCUT2D eigenvalue weighted by molar-refractivity contribution is -0.141. The van der Waals surface area contributed by atoms with Gasteiger partial charge < -0.3 is 10.4 Å². The topological polar surface area (TPSA) is 141 Å². The molecular formula is C19H25N3O7S. The highest BCUT2D eigenvalue weighted by molar-refractivity contribution is 8.00. The maximum atomic E-state index is 12.4. The molecule has 2 aliphatic rings. The Hall–Kier alpha value is -2.69. The van der Waals surface area contributed by atoms with E-state index < -0.39 is 23.2 Å². The minimum atomic E-state index is -1.19. The first-order valence-corrected chi connectivity index (χ1v) is 10.7. The fourth-order valence-electron chi connectivity index (χ4n) is 3.20. The average molecular weight is 439 g/mol. The molecule has 0 aliphatic carbocycles. The van der Waals surface area contributed by atoms with E-state index in [4.69, 9.17) is 5.11 Å². The second-order valence-corrected chi connectivity index (χ2v) is 8.31. The number of likely N-dealkylation sites (tertiary alicyclic amines) is 1. The van der Waals surface area contributed by atoms with Gasteiger partial charge in [-0.1, -0.05) is 12.8 Å². The number of carboxylic acid groups (broad SMARTS) is 1. The molecule has 2 N–H and O–H groups in total. The van der Waals surface area contributed by atoms with E-state index in [-0.39, 0.29) is 42.3 Å². The van der Waals surface area contributed by atoms with Gasteiger partial charge in [0.2, 0.25) is 17.7 Å². The summed E-state index contributed by atoms with van der Waals surface area (Å²) in [6.07, 6.45) is 5.26. The Morgan fingerprint density at radius 3 is 2.17 bits per heavy atom. The van der Waals surface area contributed by atoms with Crippen LogP contribution < -0.4 is 5.32 Å². The summed E-state index contributed by atoms with van der Waals surface area (Å²) in [5, 5.41) is 10.8. The Morgan fingerprint density at radius 1 is 1.07 bits per heavy atom. The molecule has 5 amide bonds. The van der Waals surface area contributed by atoms with E-state index in [0.717, 1.165) is 24.6 Å². The number of rotatable bonds is 12. The largest absolute Gasteiger partial charge is 0.480 e. The molecule has 0 saturated carbocycles. The zero-order valence-electron chi connectivity index (χ0n) is 16.7. The minimum Gasteiger partial charge on any atom is -0.480 e. The van der Waals surface area contributed by atoms with Crippen molar-refractivity contribution in [3.05, 3.63) is 12.2 Å². The average Bonchev–Trinajstić information content (AvgIpc) is 3.13. The summed E-state index contributed by atoms with van der Waals surface area (Å²) >= 11 is 1.06. The van der Waals surface area contributed by atoms with Crippen molar-refractivity contribution >= 4 is 47.3 Å². The molecule has 0 bridgehead atoms. The number of unbranched alkanes of at least 4 members (excludes halogenated alkanes) is 3. The Kier molecular flexibility index (Phi) is 8.58. The summed E-state index contributed by atoms with van der Waals surface area (Å²) in [5.74, 6) is -2.91. The van der Waals surface area contributed by atoms with Gasteiger partial charge in [-0.05, 0) is 12.8 Å². The van der Waals surface area contributed by atoms with Crippen LogP contribution in [0.5, 0.6) is 0 Å². The maximum Gasteiger partial charge on any atom is 0.327 e. The summed E-state index contributed by atoms with van der Waals surface area (Å²) < 4.78 is 0. The minimum absolute atomic E-state index is 0.00472. The van der Waals surface area contributed by atoms with Gasteiger partial charge in [0.15, 0.2) is 0 Å². The van der Waals surface area contributed by atoms with Gasteiger partial charge in [0, 0.05) is 44.3 Å². The number of carbonyl (C=O) groups excluding carboxylic acids is 5. The lowest BCUT2D eigenvalue weighted by Crippen LogP contribution is -2.42. The van der Waals surface area contributed by atoms with E-state index in [0.29, 0.717) is 19.4 Å². The van der Waals surface area contributed by atoms with Crippen LogP contribution in [0.3, 0.4) is 0 Å². The van der Waals surface area contributed by atoms with Gasteiger partial charge >= 0.3 is 5.97 Å². The second kappa shape index (κ2) is 10.9. The normalized spacial score (nSPS) is 19.7. The van der Waals surface area contributed by atoms with E-state index in [1.807, 2.05) is 0 Å². The predicted molar refractivity (Wildman–Crippen MR) is 107 cm³/mol. The SMILES string of the molecule is CC(=O)N[C@@H](CSC1CC(=O)N(CCCCCCN2C(=O)C=CC2=O)C1=O)C(=O)O. The lowest BCUT2D eigenvalue weighted by atomic mass is 10.2. The van der Waals surface area contributed by atoms with Crippen LogP contribution in [-0.4, -0.2) is 80.5 Å². The third-order valence-electron chi connectivity index (χ3n) is 4.76. The number of imide groups is 2. The summed E-state index contributed by atoms with van der Waals surface area (Å²) in [6.45, 7) is 1.85. The van der Waals surface area contributed by atoms with E-state index in [2.05, 4.69) is 5.32 Å². The predicted octanol–water partition coefficient (Wildman–Crippen LogP) is -0.0782. The van der Waals surface area contributed by atoms with Gasteiger partial charge in [-0.3, -0.25) is 33.8 Å². The first kappa shape index (κ1) is 23.6. The Bertz CT molecular complexity index is 749. The number of aliphatic carboxylic acids is 1. The molecule has 11 heteroatoms. The van der Waals surface area contributed by atoms with E-state index in [1.165, 1.54) is 28.9 Å². The number of nitrogens with zero attached hydrogens (tertiary/aromatic N) is 2. The van der Waals surface area contributed by atoms with Crippen LogP contribution in [0, 0.1) is 0 Å². The molecule has 2 heterocycles.